The van der Waals surface area contributed by atoms with Crippen LogP contribution in [0.4, 0.5) is 4.79 Å². The van der Waals surface area contributed by atoms with Gasteiger partial charge in [-0.25, -0.2) is 9.79 Å². The van der Waals surface area contributed by atoms with Crippen molar-refractivity contribution in [2.45, 2.75) is 30.2 Å². The van der Waals surface area contributed by atoms with Gasteiger partial charge in [0.1, 0.15) is 24.4 Å². The normalized spacial score (nSPS) is 45.5. The van der Waals surface area contributed by atoms with E-state index in [4.69, 9.17) is 15.6 Å². The molecule has 0 radical (unpaired) electrons. The Kier molecular flexibility index (Phi) is 3.02. The molecular formula is C8H14N4O5. The molecule has 1 unspecified atom stereocenters. The number of aliphatic hydroxyl groups excluding tert-OH is 3. The molecule has 2 rings (SSSR count). The predicted molar refractivity (Wildman–Crippen MR) is 54.8 cm³/mol. The highest BCUT2D eigenvalue weighted by Crippen LogP contribution is 2.27. The van der Waals surface area contributed by atoms with E-state index >= 15 is 0 Å². The number of urea groups is 1. The lowest BCUT2D eigenvalue weighted by molar-refractivity contribution is -0.0555. The molecule has 2 amide bonds. The Morgan fingerprint density at radius 2 is 2.24 bits per heavy atom. The van der Waals surface area contributed by atoms with Gasteiger partial charge in [0.25, 0.3) is 0 Å². The molecule has 9 nitrogen and oxygen atoms in total. The summed E-state index contributed by atoms with van der Waals surface area (Å²) in [6.45, 7) is -0.472. The minimum atomic E-state index is -1.67. The maximum absolute atomic E-state index is 11.1. The zero-order valence-electron chi connectivity index (χ0n) is 8.78. The van der Waals surface area contributed by atoms with Crippen molar-refractivity contribution in [1.82, 2.24) is 10.6 Å². The summed E-state index contributed by atoms with van der Waals surface area (Å²) in [4.78, 5) is 14.9. The van der Waals surface area contributed by atoms with Crippen LogP contribution < -0.4 is 16.4 Å². The first kappa shape index (κ1) is 12.2. The number of aliphatic imine (C=N–C) groups is 1. The smallest absolute Gasteiger partial charge is 0.322 e. The lowest BCUT2D eigenvalue weighted by Crippen LogP contribution is -2.68. The third kappa shape index (κ3) is 1.98. The molecule has 9 heteroatoms. The molecular weight excluding hydrogens is 232 g/mol. The van der Waals surface area contributed by atoms with E-state index < -0.39 is 42.8 Å². The summed E-state index contributed by atoms with van der Waals surface area (Å²) in [5, 5.41) is 32.8. The Balaban J connectivity index is 2.20. The van der Waals surface area contributed by atoms with Crippen LogP contribution in [0, 0.1) is 0 Å². The van der Waals surface area contributed by atoms with E-state index in [0.29, 0.717) is 0 Å². The number of aliphatic hydroxyl groups is 3. The molecule has 5 atom stereocenters. The van der Waals surface area contributed by atoms with Crippen LogP contribution in [0.5, 0.6) is 0 Å². The van der Waals surface area contributed by atoms with Gasteiger partial charge in [-0.05, 0) is 0 Å². The quantitative estimate of drug-likeness (QED) is 0.296. The summed E-state index contributed by atoms with van der Waals surface area (Å²) in [7, 11) is 0. The standard InChI is InChI=1S/C8H14N4O5/c9-8(11-2-10-7(16)12-8)6-5(15)4(14)3(1-13)17-6/h2-6,13-15H,1,9H2,(H2,10,11,12,16)/t3-,4-,5-,6-,8?/m1/s1. The largest absolute Gasteiger partial charge is 0.394 e. The number of rotatable bonds is 2. The van der Waals surface area contributed by atoms with Crippen molar-refractivity contribution in [3.05, 3.63) is 0 Å². The summed E-state index contributed by atoms with van der Waals surface area (Å²) in [5.74, 6) is -1.67. The molecule has 0 bridgehead atoms. The summed E-state index contributed by atoms with van der Waals surface area (Å²) < 4.78 is 5.19. The number of nitrogens with one attached hydrogen (secondary N) is 2. The first-order chi connectivity index (χ1) is 7.98. The number of nitrogens with zero attached hydrogens (tertiary/aromatic N) is 1. The summed E-state index contributed by atoms with van der Waals surface area (Å²) in [6.07, 6.45) is -3.66. The van der Waals surface area contributed by atoms with Crippen molar-refractivity contribution in [3.63, 3.8) is 0 Å². The molecule has 0 spiro atoms. The van der Waals surface area contributed by atoms with E-state index in [1.807, 2.05) is 0 Å². The van der Waals surface area contributed by atoms with Gasteiger partial charge in [-0.3, -0.25) is 16.4 Å². The number of carbonyl (C=O) groups is 1. The molecule has 17 heavy (non-hydrogen) atoms. The second-order valence-corrected chi connectivity index (χ2v) is 3.94. The summed E-state index contributed by atoms with van der Waals surface area (Å²) >= 11 is 0. The van der Waals surface area contributed by atoms with E-state index in [1.54, 1.807) is 0 Å². The Labute approximate surface area is 96.3 Å². The van der Waals surface area contributed by atoms with E-state index in [9.17, 15) is 15.0 Å². The Morgan fingerprint density at radius 3 is 2.76 bits per heavy atom. The Morgan fingerprint density at radius 1 is 1.53 bits per heavy atom. The topological polar surface area (TPSA) is 149 Å². The SMILES string of the molecule is NC1([C@@H]2O[C@H](CO)[C@@H](O)[C@H]2O)N=CNC(=O)N1. The third-order valence-electron chi connectivity index (χ3n) is 2.76. The van der Waals surface area contributed by atoms with E-state index in [0.717, 1.165) is 6.34 Å². The average molecular weight is 246 g/mol. The molecule has 7 N–H and O–H groups in total. The number of hydrogen-bond donors (Lipinski definition) is 6. The van der Waals surface area contributed by atoms with Crippen LogP contribution >= 0.6 is 0 Å². The van der Waals surface area contributed by atoms with Crippen LogP contribution in [0.1, 0.15) is 0 Å². The maximum atomic E-state index is 11.1. The monoisotopic (exact) mass is 246 g/mol. The van der Waals surface area contributed by atoms with Gasteiger partial charge in [0.2, 0.25) is 5.79 Å². The molecule has 96 valence electrons. The van der Waals surface area contributed by atoms with Gasteiger partial charge in [-0.1, -0.05) is 0 Å². The van der Waals surface area contributed by atoms with Gasteiger partial charge in [0.15, 0.2) is 0 Å². The number of ether oxygens (including phenoxy) is 1. The third-order valence-corrected chi connectivity index (χ3v) is 2.76. The molecule has 2 aliphatic heterocycles. The van der Waals surface area contributed by atoms with Gasteiger partial charge >= 0.3 is 6.03 Å². The van der Waals surface area contributed by atoms with Crippen LogP contribution in [0.2, 0.25) is 0 Å². The second kappa shape index (κ2) is 4.20. The van der Waals surface area contributed by atoms with Crippen molar-refractivity contribution in [2.24, 2.45) is 10.7 Å². The highest BCUT2D eigenvalue weighted by Gasteiger charge is 2.53. The molecule has 0 aromatic heterocycles. The van der Waals surface area contributed by atoms with Crippen molar-refractivity contribution in [1.29, 1.82) is 0 Å². The molecule has 0 aromatic carbocycles. The summed E-state index contributed by atoms with van der Waals surface area (Å²) in [5.41, 5.74) is 5.78. The van der Waals surface area contributed by atoms with Gasteiger partial charge in [0.05, 0.1) is 12.9 Å². The van der Waals surface area contributed by atoms with Crippen LogP contribution in [-0.4, -0.2) is 64.5 Å². The van der Waals surface area contributed by atoms with Gasteiger partial charge < -0.3 is 20.1 Å². The lowest BCUT2D eigenvalue weighted by Gasteiger charge is -2.34. The van der Waals surface area contributed by atoms with E-state index in [2.05, 4.69) is 15.6 Å². The molecule has 1 fully saturated rings. The highest BCUT2D eigenvalue weighted by molar-refractivity contribution is 5.88. The number of amides is 2. The van der Waals surface area contributed by atoms with Crippen molar-refractivity contribution in [2.75, 3.05) is 6.61 Å². The lowest BCUT2D eigenvalue weighted by atomic mass is 10.0. The van der Waals surface area contributed by atoms with E-state index in [-0.39, 0.29) is 0 Å². The zero-order valence-corrected chi connectivity index (χ0v) is 8.78. The minimum absolute atomic E-state index is 0.472. The van der Waals surface area contributed by atoms with Gasteiger partial charge in [0, 0.05) is 0 Å². The predicted octanol–water partition coefficient (Wildman–Crippen LogP) is -3.58. The molecule has 1 saturated heterocycles. The maximum Gasteiger partial charge on any atom is 0.322 e. The fourth-order valence-electron chi connectivity index (χ4n) is 1.86. The molecule has 2 aliphatic rings. The van der Waals surface area contributed by atoms with Crippen LogP contribution in [0.15, 0.2) is 4.99 Å². The fraction of sp³-hybridized carbons (Fsp3) is 0.750. The zero-order chi connectivity index (χ0) is 12.6. The van der Waals surface area contributed by atoms with Crippen molar-refractivity contribution < 1.29 is 24.9 Å². The number of hydrogen-bond acceptors (Lipinski definition) is 7. The van der Waals surface area contributed by atoms with Crippen molar-refractivity contribution >= 4 is 12.4 Å². The van der Waals surface area contributed by atoms with Crippen molar-refractivity contribution in [3.8, 4) is 0 Å². The summed E-state index contributed by atoms with van der Waals surface area (Å²) in [6, 6.07) is -0.597. The minimum Gasteiger partial charge on any atom is -0.394 e. The Hall–Kier alpha value is -1.26. The van der Waals surface area contributed by atoms with Gasteiger partial charge in [-0.15, -0.1) is 0 Å². The number of nitrogens with two attached hydrogens (primary N) is 1. The first-order valence-corrected chi connectivity index (χ1v) is 5.01. The molecule has 0 aromatic rings. The highest BCUT2D eigenvalue weighted by atomic mass is 16.6. The van der Waals surface area contributed by atoms with Gasteiger partial charge in [-0.2, -0.15) is 0 Å². The first-order valence-electron chi connectivity index (χ1n) is 5.01. The van der Waals surface area contributed by atoms with E-state index in [1.165, 1.54) is 0 Å². The second-order valence-electron chi connectivity index (χ2n) is 3.94. The fourth-order valence-corrected chi connectivity index (χ4v) is 1.86. The average Bonchev–Trinajstić information content (AvgIpc) is 2.56. The molecule has 0 saturated carbocycles. The van der Waals surface area contributed by atoms with Crippen LogP contribution in [0.3, 0.4) is 0 Å². The molecule has 0 aliphatic carbocycles. The Bertz CT molecular complexity index is 351. The molecule has 2 heterocycles. The van der Waals surface area contributed by atoms with Crippen LogP contribution in [-0.2, 0) is 4.74 Å². The number of carbonyl (C=O) groups excluding carboxylic acids is 1. The van der Waals surface area contributed by atoms with Crippen LogP contribution in [0.25, 0.3) is 0 Å².